The summed E-state index contributed by atoms with van der Waals surface area (Å²) < 4.78 is 19.8. The number of aromatic nitrogens is 1. The molecule has 8 nitrogen and oxygen atoms in total. The number of ether oxygens (including phenoxy) is 3. The molecule has 1 amide bonds. The number of amides is 1. The molecule has 1 saturated heterocycles. The van der Waals surface area contributed by atoms with Crippen LogP contribution in [0.3, 0.4) is 0 Å². The topological polar surface area (TPSA) is 90.2 Å². The Morgan fingerprint density at radius 3 is 2.50 bits per heavy atom. The van der Waals surface area contributed by atoms with E-state index in [4.69, 9.17) is 14.2 Å². The van der Waals surface area contributed by atoms with Gasteiger partial charge < -0.3 is 28.8 Å². The van der Waals surface area contributed by atoms with Gasteiger partial charge in [0.1, 0.15) is 0 Å². The van der Waals surface area contributed by atoms with Crippen molar-refractivity contribution in [1.29, 1.82) is 0 Å². The summed E-state index contributed by atoms with van der Waals surface area (Å²) in [6.07, 6.45) is 7.64. The van der Waals surface area contributed by atoms with E-state index >= 15 is 0 Å². The number of morpholine rings is 1. The Kier molecular flexibility index (Phi) is 6.11. The third-order valence-corrected chi connectivity index (χ3v) is 8.83. The van der Waals surface area contributed by atoms with Gasteiger partial charge in [-0.25, -0.2) is 4.79 Å². The van der Waals surface area contributed by atoms with Gasteiger partial charge in [0.05, 0.1) is 30.0 Å². The summed E-state index contributed by atoms with van der Waals surface area (Å²) in [6.45, 7) is 5.51. The lowest BCUT2D eigenvalue weighted by molar-refractivity contribution is -0.139. The minimum atomic E-state index is -0.961. The van der Waals surface area contributed by atoms with Crippen molar-refractivity contribution < 1.29 is 28.9 Å². The van der Waals surface area contributed by atoms with Crippen LogP contribution in [0.25, 0.3) is 28.2 Å². The first-order valence-corrected chi connectivity index (χ1v) is 14.4. The fourth-order valence-corrected chi connectivity index (χ4v) is 7.18. The van der Waals surface area contributed by atoms with E-state index in [0.717, 1.165) is 40.6 Å². The molecule has 7 rings (SSSR count). The molecule has 1 N–H and O–H groups in total. The molecule has 208 valence electrons. The number of hydrogen-bond donors (Lipinski definition) is 1. The lowest BCUT2D eigenvalue weighted by Crippen LogP contribution is -2.48. The molecule has 3 aliphatic heterocycles. The van der Waals surface area contributed by atoms with Crippen molar-refractivity contribution in [2.45, 2.75) is 70.6 Å². The van der Waals surface area contributed by atoms with Crippen molar-refractivity contribution in [2.75, 3.05) is 19.9 Å². The zero-order valence-corrected chi connectivity index (χ0v) is 22.9. The third-order valence-electron chi connectivity index (χ3n) is 8.83. The highest BCUT2D eigenvalue weighted by Crippen LogP contribution is 2.50. The number of fused-ring (bicyclic) bond motifs is 7. The maximum atomic E-state index is 14.2. The molecule has 0 bridgehead atoms. The van der Waals surface area contributed by atoms with Crippen molar-refractivity contribution in [3.8, 4) is 22.8 Å². The fourth-order valence-electron chi connectivity index (χ4n) is 7.18. The number of rotatable bonds is 3. The fraction of sp³-hybridized carbons (Fsp3) is 0.438. The van der Waals surface area contributed by atoms with Crippen LogP contribution in [0.4, 0.5) is 0 Å². The Morgan fingerprint density at radius 2 is 1.75 bits per heavy atom. The van der Waals surface area contributed by atoms with Crippen LogP contribution in [0.15, 0.2) is 35.9 Å². The minimum absolute atomic E-state index is 0.0345. The maximum Gasteiger partial charge on any atom is 0.335 e. The second-order valence-electron chi connectivity index (χ2n) is 11.6. The van der Waals surface area contributed by atoms with E-state index in [0.29, 0.717) is 42.6 Å². The average Bonchev–Trinajstić information content (AvgIpc) is 3.50. The summed E-state index contributed by atoms with van der Waals surface area (Å²) in [4.78, 5) is 28.1. The second kappa shape index (κ2) is 9.70. The highest BCUT2D eigenvalue weighted by atomic mass is 16.7. The largest absolute Gasteiger partial charge is 0.478 e. The van der Waals surface area contributed by atoms with Gasteiger partial charge in [-0.2, -0.15) is 0 Å². The van der Waals surface area contributed by atoms with Gasteiger partial charge in [0.15, 0.2) is 11.5 Å². The van der Waals surface area contributed by atoms with Crippen LogP contribution in [-0.2, 0) is 16.1 Å². The molecule has 0 unspecified atom stereocenters. The molecule has 3 aromatic rings. The van der Waals surface area contributed by atoms with Gasteiger partial charge in [0.25, 0.3) is 5.91 Å². The van der Waals surface area contributed by atoms with Crippen molar-refractivity contribution in [3.63, 3.8) is 0 Å². The van der Waals surface area contributed by atoms with Gasteiger partial charge in [-0.15, -0.1) is 0 Å². The lowest BCUT2D eigenvalue weighted by Gasteiger charge is -2.35. The summed E-state index contributed by atoms with van der Waals surface area (Å²) in [5.74, 6) is 0.697. The molecule has 4 heterocycles. The molecule has 40 heavy (non-hydrogen) atoms. The molecule has 1 saturated carbocycles. The van der Waals surface area contributed by atoms with Crippen LogP contribution < -0.4 is 9.47 Å². The van der Waals surface area contributed by atoms with E-state index < -0.39 is 5.97 Å². The Hall–Kier alpha value is -3.78. The number of carbonyl (C=O) groups excluding carboxylic acids is 1. The van der Waals surface area contributed by atoms with Gasteiger partial charge in [-0.3, -0.25) is 4.79 Å². The van der Waals surface area contributed by atoms with Gasteiger partial charge in [-0.1, -0.05) is 25.3 Å². The zero-order valence-electron chi connectivity index (χ0n) is 22.9. The Bertz CT molecular complexity index is 1550. The first-order valence-electron chi connectivity index (χ1n) is 14.4. The number of benzene rings is 2. The number of carboxylic acid groups (broad SMARTS) is 1. The Balaban J connectivity index is 1.48. The first-order chi connectivity index (χ1) is 19.4. The van der Waals surface area contributed by atoms with Gasteiger partial charge in [0, 0.05) is 40.7 Å². The van der Waals surface area contributed by atoms with Crippen molar-refractivity contribution in [3.05, 3.63) is 52.6 Å². The van der Waals surface area contributed by atoms with E-state index in [9.17, 15) is 14.7 Å². The summed E-state index contributed by atoms with van der Waals surface area (Å²) in [7, 11) is 0. The standard InChI is InChI=1S/C32H34N2O6/c1-18-14-33(15-19(2)40-18)31(35)22-12-25-23(10-11-27-30(25)39-17-38-27)29-28(20-6-4-3-5-7-20)24-9-8-21(32(36)37)13-26(24)34(29)16-22/h8-13,18-20H,3-7,14-17H2,1-2H3,(H,36,37)/t18-,19+. The van der Waals surface area contributed by atoms with Gasteiger partial charge >= 0.3 is 5.97 Å². The molecular weight excluding hydrogens is 508 g/mol. The van der Waals surface area contributed by atoms with E-state index in [-0.39, 0.29) is 30.5 Å². The van der Waals surface area contributed by atoms with Crippen molar-refractivity contribution in [1.82, 2.24) is 9.47 Å². The normalized spacial score (nSPS) is 22.4. The molecule has 1 aliphatic carbocycles. The monoisotopic (exact) mass is 542 g/mol. The van der Waals surface area contributed by atoms with E-state index in [1.807, 2.05) is 37.0 Å². The quantitative estimate of drug-likeness (QED) is 0.449. The minimum Gasteiger partial charge on any atom is -0.478 e. The van der Waals surface area contributed by atoms with Crippen molar-refractivity contribution >= 4 is 28.9 Å². The Morgan fingerprint density at radius 1 is 0.975 bits per heavy atom. The molecule has 2 atom stereocenters. The predicted molar refractivity (Wildman–Crippen MR) is 151 cm³/mol. The molecule has 8 heteroatoms. The van der Waals surface area contributed by atoms with Crippen LogP contribution in [0.5, 0.6) is 11.5 Å². The van der Waals surface area contributed by atoms with Crippen LogP contribution in [-0.4, -0.2) is 58.5 Å². The average molecular weight is 543 g/mol. The summed E-state index contributed by atoms with van der Waals surface area (Å²) >= 11 is 0. The van der Waals surface area contributed by atoms with E-state index in [1.54, 1.807) is 12.1 Å². The van der Waals surface area contributed by atoms with E-state index in [1.165, 1.54) is 24.8 Å². The number of aromatic carboxylic acids is 1. The van der Waals surface area contributed by atoms with Crippen molar-refractivity contribution in [2.24, 2.45) is 0 Å². The maximum absolute atomic E-state index is 14.2. The molecule has 0 radical (unpaired) electrons. The Labute approximate surface area is 233 Å². The second-order valence-corrected chi connectivity index (χ2v) is 11.6. The number of carbonyl (C=O) groups is 2. The summed E-state index contributed by atoms with van der Waals surface area (Å²) in [5.41, 5.74) is 5.88. The molecule has 1 aromatic heterocycles. The van der Waals surface area contributed by atoms with Crippen LogP contribution in [0.1, 0.15) is 73.4 Å². The lowest BCUT2D eigenvalue weighted by atomic mass is 9.81. The summed E-state index contributed by atoms with van der Waals surface area (Å²) in [5, 5.41) is 10.9. The smallest absolute Gasteiger partial charge is 0.335 e. The number of hydrogen-bond acceptors (Lipinski definition) is 5. The molecule has 2 aromatic carbocycles. The molecule has 2 fully saturated rings. The van der Waals surface area contributed by atoms with Crippen LogP contribution >= 0.6 is 0 Å². The number of nitrogens with zero attached hydrogens (tertiary/aromatic N) is 2. The van der Waals surface area contributed by atoms with Crippen LogP contribution in [0.2, 0.25) is 0 Å². The molecule has 0 spiro atoms. The highest BCUT2D eigenvalue weighted by molar-refractivity contribution is 6.04. The molecule has 4 aliphatic rings. The SMILES string of the molecule is C[C@@H]1CN(C(=O)C2=Cc3c(ccc4c3OCO4)-c3c(C4CCCCC4)c4ccc(C(=O)O)cc4n3C2)C[C@H](C)O1. The van der Waals surface area contributed by atoms with Crippen LogP contribution in [0, 0.1) is 0 Å². The molecular formula is C32H34N2O6. The predicted octanol–water partition coefficient (Wildman–Crippen LogP) is 5.82. The first kappa shape index (κ1) is 25.2. The number of carboxylic acids is 1. The summed E-state index contributed by atoms with van der Waals surface area (Å²) in [6, 6.07) is 9.46. The highest BCUT2D eigenvalue weighted by Gasteiger charge is 2.35. The van der Waals surface area contributed by atoms with E-state index in [2.05, 4.69) is 10.6 Å². The van der Waals surface area contributed by atoms with Gasteiger partial charge in [0.2, 0.25) is 6.79 Å². The third kappa shape index (κ3) is 4.08. The van der Waals surface area contributed by atoms with Gasteiger partial charge in [-0.05, 0) is 68.5 Å². The zero-order chi connectivity index (χ0) is 27.5.